The number of carboxylic acid groups (broad SMARTS) is 2. The number of likely N-dealkylation sites (tertiary alicyclic amines) is 1. The summed E-state index contributed by atoms with van der Waals surface area (Å²) in [6.07, 6.45) is -4.31. The standard InChI is InChI=1S/C16H27N5O.2C2HF3O2/c1-4-21-10-9-18(2)16(15(21)22)5-7-20(8-6-16)13-14-11-17-19(3)12-14;2*3-2(4,5)1(6)7/h11-12H,4-10,13H2,1-3H3;2*(H,6,7). The Morgan fingerprint density at radius 2 is 1.44 bits per heavy atom. The van der Waals surface area contributed by atoms with Crippen molar-refractivity contribution in [2.24, 2.45) is 7.05 Å². The zero-order valence-electron chi connectivity index (χ0n) is 19.9. The molecule has 16 heteroatoms. The second-order valence-electron chi connectivity index (χ2n) is 8.24. The maximum Gasteiger partial charge on any atom is 0.490 e. The van der Waals surface area contributed by atoms with Crippen molar-refractivity contribution in [3.63, 3.8) is 0 Å². The Morgan fingerprint density at radius 1 is 0.972 bits per heavy atom. The summed E-state index contributed by atoms with van der Waals surface area (Å²) in [6, 6.07) is 0. The molecule has 0 radical (unpaired) electrons. The number of carboxylic acids is 2. The number of carbonyl (C=O) groups excluding carboxylic acids is 1. The molecule has 0 bridgehead atoms. The molecule has 1 aromatic heterocycles. The maximum absolute atomic E-state index is 12.9. The van der Waals surface area contributed by atoms with Gasteiger partial charge in [0.25, 0.3) is 0 Å². The number of amides is 1. The van der Waals surface area contributed by atoms with E-state index in [2.05, 4.69) is 35.1 Å². The van der Waals surface area contributed by atoms with Crippen LogP contribution in [0.4, 0.5) is 26.3 Å². The summed E-state index contributed by atoms with van der Waals surface area (Å²) in [5.41, 5.74) is 0.983. The van der Waals surface area contributed by atoms with Crippen LogP contribution in [0.25, 0.3) is 0 Å². The van der Waals surface area contributed by atoms with Crippen molar-refractivity contribution in [3.05, 3.63) is 18.0 Å². The molecule has 1 amide bonds. The first-order valence-corrected chi connectivity index (χ1v) is 10.7. The second-order valence-corrected chi connectivity index (χ2v) is 8.24. The van der Waals surface area contributed by atoms with Crippen molar-refractivity contribution in [2.75, 3.05) is 39.8 Å². The number of aryl methyl sites for hydroxylation is 1. The van der Waals surface area contributed by atoms with Gasteiger partial charge in [-0.1, -0.05) is 0 Å². The summed E-state index contributed by atoms with van der Waals surface area (Å²) in [5, 5.41) is 18.5. The molecule has 1 aromatic rings. The molecule has 2 fully saturated rings. The summed E-state index contributed by atoms with van der Waals surface area (Å²) >= 11 is 0. The highest BCUT2D eigenvalue weighted by molar-refractivity contribution is 5.87. The van der Waals surface area contributed by atoms with Crippen LogP contribution in [0.5, 0.6) is 0 Å². The number of piperidine rings is 1. The minimum atomic E-state index is -5.08. The molecular formula is C20H29F6N5O5. The van der Waals surface area contributed by atoms with Crippen molar-refractivity contribution >= 4 is 17.8 Å². The molecule has 10 nitrogen and oxygen atoms in total. The lowest BCUT2D eigenvalue weighted by molar-refractivity contribution is -0.193. The first-order valence-electron chi connectivity index (χ1n) is 10.7. The van der Waals surface area contributed by atoms with Crippen LogP contribution in [0, 0.1) is 0 Å². The number of piperazine rings is 1. The lowest BCUT2D eigenvalue weighted by Crippen LogP contribution is -2.67. The van der Waals surface area contributed by atoms with Crippen LogP contribution in [0.3, 0.4) is 0 Å². The number of likely N-dealkylation sites (N-methyl/N-ethyl adjacent to an activating group) is 2. The fraction of sp³-hybridized carbons (Fsp3) is 0.700. The quantitative estimate of drug-likeness (QED) is 0.565. The summed E-state index contributed by atoms with van der Waals surface area (Å²) in [7, 11) is 4.06. The number of hydrogen-bond acceptors (Lipinski definition) is 6. The van der Waals surface area contributed by atoms with E-state index in [0.717, 1.165) is 52.1 Å². The minimum absolute atomic E-state index is 0.264. The van der Waals surface area contributed by atoms with E-state index in [-0.39, 0.29) is 5.54 Å². The van der Waals surface area contributed by atoms with E-state index in [9.17, 15) is 31.1 Å². The molecule has 1 spiro atoms. The van der Waals surface area contributed by atoms with Gasteiger partial charge in [0.2, 0.25) is 5.91 Å². The monoisotopic (exact) mass is 533 g/mol. The molecule has 0 aromatic carbocycles. The average Bonchev–Trinajstić information content (AvgIpc) is 3.17. The van der Waals surface area contributed by atoms with E-state index in [1.807, 2.05) is 22.8 Å². The topological polar surface area (TPSA) is 119 Å². The number of halogens is 6. The lowest BCUT2D eigenvalue weighted by Gasteiger charge is -2.51. The van der Waals surface area contributed by atoms with Gasteiger partial charge in [0.1, 0.15) is 5.54 Å². The average molecular weight is 533 g/mol. The fourth-order valence-electron chi connectivity index (χ4n) is 3.83. The molecule has 0 atom stereocenters. The summed E-state index contributed by atoms with van der Waals surface area (Å²) in [5.74, 6) is -5.18. The summed E-state index contributed by atoms with van der Waals surface area (Å²) in [6.45, 7) is 7.64. The second kappa shape index (κ2) is 12.4. The zero-order valence-corrected chi connectivity index (χ0v) is 19.9. The predicted octanol–water partition coefficient (Wildman–Crippen LogP) is 1.82. The smallest absolute Gasteiger partial charge is 0.475 e. The third-order valence-electron chi connectivity index (χ3n) is 5.84. The van der Waals surface area contributed by atoms with Crippen molar-refractivity contribution < 1.29 is 50.9 Å². The van der Waals surface area contributed by atoms with Gasteiger partial charge in [0.05, 0.1) is 6.20 Å². The SMILES string of the molecule is CCN1CCN(C)C2(CCN(Cc3cnn(C)c3)CC2)C1=O.O=C(O)C(F)(F)F.O=C(O)C(F)(F)F. The molecule has 0 unspecified atom stereocenters. The highest BCUT2D eigenvalue weighted by atomic mass is 19.4. The van der Waals surface area contributed by atoms with Crippen LogP contribution in [0.2, 0.25) is 0 Å². The van der Waals surface area contributed by atoms with Gasteiger partial charge in [0, 0.05) is 58.1 Å². The Labute approximate surface area is 203 Å². The fourth-order valence-corrected chi connectivity index (χ4v) is 3.83. The van der Waals surface area contributed by atoms with Crippen molar-refractivity contribution in [1.82, 2.24) is 24.5 Å². The Hall–Kier alpha value is -2.88. The number of nitrogens with zero attached hydrogens (tertiary/aromatic N) is 5. The van der Waals surface area contributed by atoms with Gasteiger partial charge in [-0.3, -0.25) is 19.3 Å². The molecular weight excluding hydrogens is 504 g/mol. The minimum Gasteiger partial charge on any atom is -0.475 e. The van der Waals surface area contributed by atoms with Gasteiger partial charge in [-0.25, -0.2) is 9.59 Å². The van der Waals surface area contributed by atoms with Gasteiger partial charge in [-0.2, -0.15) is 31.4 Å². The number of aromatic nitrogens is 2. The molecule has 206 valence electrons. The van der Waals surface area contributed by atoms with Crippen LogP contribution in [0.15, 0.2) is 12.4 Å². The third kappa shape index (κ3) is 8.65. The Bertz CT molecular complexity index is 872. The molecule has 0 saturated carbocycles. The van der Waals surface area contributed by atoms with Gasteiger partial charge in [-0.05, 0) is 26.8 Å². The summed E-state index contributed by atoms with van der Waals surface area (Å²) in [4.78, 5) is 37.4. The molecule has 3 rings (SSSR count). The molecule has 0 aliphatic carbocycles. The van der Waals surface area contributed by atoms with E-state index in [4.69, 9.17) is 19.8 Å². The van der Waals surface area contributed by atoms with Crippen LogP contribution in [0.1, 0.15) is 25.3 Å². The zero-order chi connectivity index (χ0) is 27.9. The molecule has 2 aliphatic heterocycles. The van der Waals surface area contributed by atoms with Crippen LogP contribution in [-0.4, -0.2) is 110 Å². The number of aliphatic carboxylic acids is 2. The van der Waals surface area contributed by atoms with Crippen molar-refractivity contribution in [2.45, 2.75) is 44.2 Å². The van der Waals surface area contributed by atoms with Crippen LogP contribution in [-0.2, 0) is 28.0 Å². The van der Waals surface area contributed by atoms with Crippen LogP contribution >= 0.6 is 0 Å². The lowest BCUT2D eigenvalue weighted by atomic mass is 9.82. The van der Waals surface area contributed by atoms with Gasteiger partial charge in [0.15, 0.2) is 0 Å². The molecule has 2 saturated heterocycles. The van der Waals surface area contributed by atoms with Gasteiger partial charge >= 0.3 is 24.3 Å². The predicted molar refractivity (Wildman–Crippen MR) is 113 cm³/mol. The number of rotatable bonds is 3. The number of alkyl halides is 6. The number of hydrogen-bond donors (Lipinski definition) is 2. The maximum atomic E-state index is 12.9. The van der Waals surface area contributed by atoms with E-state index in [0.29, 0.717) is 5.91 Å². The Kier molecular flexibility index (Phi) is 10.7. The largest absolute Gasteiger partial charge is 0.490 e. The Balaban J connectivity index is 0.000000383. The van der Waals surface area contributed by atoms with E-state index in [1.165, 1.54) is 5.56 Å². The normalized spacial score (nSPS) is 18.7. The van der Waals surface area contributed by atoms with E-state index in [1.54, 1.807) is 0 Å². The molecule has 36 heavy (non-hydrogen) atoms. The molecule has 2 aliphatic rings. The molecule has 3 heterocycles. The van der Waals surface area contributed by atoms with E-state index < -0.39 is 24.3 Å². The Morgan fingerprint density at radius 3 is 1.81 bits per heavy atom. The number of carbonyl (C=O) groups is 3. The van der Waals surface area contributed by atoms with E-state index >= 15 is 0 Å². The third-order valence-corrected chi connectivity index (χ3v) is 5.84. The summed E-state index contributed by atoms with van der Waals surface area (Å²) < 4.78 is 65.3. The first kappa shape index (κ1) is 31.2. The molecule has 2 N–H and O–H groups in total. The van der Waals surface area contributed by atoms with Crippen LogP contribution < -0.4 is 0 Å². The van der Waals surface area contributed by atoms with Gasteiger partial charge in [-0.15, -0.1) is 0 Å². The van der Waals surface area contributed by atoms with Gasteiger partial charge < -0.3 is 15.1 Å². The highest BCUT2D eigenvalue weighted by Gasteiger charge is 2.48. The highest BCUT2D eigenvalue weighted by Crippen LogP contribution is 2.33. The van der Waals surface area contributed by atoms with Crippen molar-refractivity contribution in [1.29, 1.82) is 0 Å². The van der Waals surface area contributed by atoms with Crippen molar-refractivity contribution in [3.8, 4) is 0 Å². The first-order chi connectivity index (χ1) is 16.4.